The molecule has 1 N–H and O–H groups in total. The van der Waals surface area contributed by atoms with Gasteiger partial charge in [-0.15, -0.1) is 0 Å². The number of carbonyl (C=O) groups is 2. The van der Waals surface area contributed by atoms with Crippen molar-refractivity contribution in [2.75, 3.05) is 19.5 Å². The van der Waals surface area contributed by atoms with Gasteiger partial charge in [-0.3, -0.25) is 4.79 Å². The summed E-state index contributed by atoms with van der Waals surface area (Å²) in [5.41, 5.74) is 1.29. The smallest absolute Gasteiger partial charge is 0.331 e. The quantitative estimate of drug-likeness (QED) is 0.573. The van der Waals surface area contributed by atoms with E-state index in [1.165, 1.54) is 20.1 Å². The first kappa shape index (κ1) is 20.3. The SMILES string of the molecule is COc1ccc(C=CC(=O)OC(C)C(=O)Nc2ccc(Cl)cc2)cc1OC. The van der Waals surface area contributed by atoms with Crippen LogP contribution in [0.3, 0.4) is 0 Å². The third-order valence-corrected chi connectivity index (χ3v) is 3.85. The van der Waals surface area contributed by atoms with E-state index in [1.54, 1.807) is 55.7 Å². The van der Waals surface area contributed by atoms with E-state index >= 15 is 0 Å². The van der Waals surface area contributed by atoms with Gasteiger partial charge >= 0.3 is 5.97 Å². The molecule has 0 fully saturated rings. The summed E-state index contributed by atoms with van der Waals surface area (Å²) in [6, 6.07) is 11.8. The van der Waals surface area contributed by atoms with Crippen LogP contribution >= 0.6 is 11.6 Å². The maximum absolute atomic E-state index is 12.1. The van der Waals surface area contributed by atoms with Gasteiger partial charge in [-0.05, 0) is 55.0 Å². The van der Waals surface area contributed by atoms with Gasteiger partial charge in [0.05, 0.1) is 14.2 Å². The van der Waals surface area contributed by atoms with Crippen LogP contribution in [0.1, 0.15) is 12.5 Å². The van der Waals surface area contributed by atoms with Crippen LogP contribution in [0.4, 0.5) is 5.69 Å². The molecule has 7 heteroatoms. The molecule has 27 heavy (non-hydrogen) atoms. The first-order valence-corrected chi connectivity index (χ1v) is 8.48. The van der Waals surface area contributed by atoms with Gasteiger partial charge in [0.15, 0.2) is 17.6 Å². The summed E-state index contributed by atoms with van der Waals surface area (Å²) in [6.45, 7) is 1.49. The summed E-state index contributed by atoms with van der Waals surface area (Å²) in [5.74, 6) is 0.0576. The summed E-state index contributed by atoms with van der Waals surface area (Å²) in [5, 5.41) is 3.21. The Morgan fingerprint density at radius 3 is 2.33 bits per heavy atom. The maximum Gasteiger partial charge on any atom is 0.331 e. The molecule has 0 heterocycles. The number of amides is 1. The highest BCUT2D eigenvalue weighted by atomic mass is 35.5. The molecule has 2 aromatic rings. The maximum atomic E-state index is 12.1. The standard InChI is InChI=1S/C20H20ClNO5/c1-13(20(24)22-16-8-6-15(21)7-9-16)27-19(23)11-5-14-4-10-17(25-2)18(12-14)26-3/h4-13H,1-3H3,(H,22,24). The van der Waals surface area contributed by atoms with Gasteiger partial charge in [0, 0.05) is 16.8 Å². The fourth-order valence-corrected chi connectivity index (χ4v) is 2.29. The Labute approximate surface area is 162 Å². The monoisotopic (exact) mass is 389 g/mol. The minimum absolute atomic E-state index is 0.440. The zero-order valence-electron chi connectivity index (χ0n) is 15.2. The Bertz CT molecular complexity index is 833. The molecule has 0 saturated heterocycles. The van der Waals surface area contributed by atoms with Crippen molar-refractivity contribution >= 4 is 35.2 Å². The van der Waals surface area contributed by atoms with Gasteiger partial charge in [-0.1, -0.05) is 17.7 Å². The first-order chi connectivity index (χ1) is 12.9. The molecule has 0 saturated carbocycles. The number of hydrogen-bond donors (Lipinski definition) is 1. The predicted molar refractivity (Wildman–Crippen MR) is 104 cm³/mol. The number of anilines is 1. The Kier molecular flexibility index (Phi) is 7.25. The summed E-state index contributed by atoms with van der Waals surface area (Å²) < 4.78 is 15.5. The lowest BCUT2D eigenvalue weighted by molar-refractivity contribution is -0.148. The fraction of sp³-hybridized carbons (Fsp3) is 0.200. The van der Waals surface area contributed by atoms with Crippen LogP contribution in [0.5, 0.6) is 11.5 Å². The van der Waals surface area contributed by atoms with E-state index in [-0.39, 0.29) is 0 Å². The molecule has 142 valence electrons. The summed E-state index contributed by atoms with van der Waals surface area (Å²) in [4.78, 5) is 24.0. The largest absolute Gasteiger partial charge is 0.493 e. The molecular formula is C20H20ClNO5. The van der Waals surface area contributed by atoms with E-state index in [0.29, 0.717) is 22.2 Å². The first-order valence-electron chi connectivity index (χ1n) is 8.10. The number of esters is 1. The van der Waals surface area contributed by atoms with Gasteiger partial charge in [-0.25, -0.2) is 4.79 Å². The van der Waals surface area contributed by atoms with Crippen LogP contribution in [-0.2, 0) is 14.3 Å². The van der Waals surface area contributed by atoms with Gasteiger partial charge in [0.1, 0.15) is 0 Å². The molecule has 0 spiro atoms. The number of benzene rings is 2. The minimum Gasteiger partial charge on any atom is -0.493 e. The highest BCUT2D eigenvalue weighted by molar-refractivity contribution is 6.30. The molecule has 0 aliphatic rings. The summed E-state index contributed by atoms with van der Waals surface area (Å²) in [6.07, 6.45) is 1.85. The molecule has 0 aromatic heterocycles. The van der Waals surface area contributed by atoms with Crippen molar-refractivity contribution in [1.82, 2.24) is 0 Å². The molecule has 6 nitrogen and oxygen atoms in total. The fourth-order valence-electron chi connectivity index (χ4n) is 2.16. The number of rotatable bonds is 7. The normalized spacial score (nSPS) is 11.7. The minimum atomic E-state index is -0.955. The van der Waals surface area contributed by atoms with Crippen LogP contribution in [-0.4, -0.2) is 32.2 Å². The van der Waals surface area contributed by atoms with Crippen molar-refractivity contribution in [3.8, 4) is 11.5 Å². The van der Waals surface area contributed by atoms with Crippen LogP contribution < -0.4 is 14.8 Å². The third kappa shape index (κ3) is 6.04. The lowest BCUT2D eigenvalue weighted by atomic mass is 10.2. The van der Waals surface area contributed by atoms with E-state index in [1.807, 2.05) is 0 Å². The predicted octanol–water partition coefficient (Wildman–Crippen LogP) is 3.94. The third-order valence-electron chi connectivity index (χ3n) is 3.59. The molecule has 1 amide bonds. The zero-order valence-corrected chi connectivity index (χ0v) is 15.9. The highest BCUT2D eigenvalue weighted by Gasteiger charge is 2.16. The average molecular weight is 390 g/mol. The molecule has 1 unspecified atom stereocenters. The molecule has 2 aromatic carbocycles. The highest BCUT2D eigenvalue weighted by Crippen LogP contribution is 2.28. The van der Waals surface area contributed by atoms with Crippen LogP contribution in [0.15, 0.2) is 48.5 Å². The molecular weight excluding hydrogens is 370 g/mol. The van der Waals surface area contributed by atoms with Gasteiger partial charge in [0.25, 0.3) is 5.91 Å². The molecule has 0 aliphatic carbocycles. The van der Waals surface area contributed by atoms with E-state index in [9.17, 15) is 9.59 Å². The van der Waals surface area contributed by atoms with Crippen molar-refractivity contribution in [2.45, 2.75) is 13.0 Å². The second-order valence-electron chi connectivity index (χ2n) is 5.52. The summed E-state index contributed by atoms with van der Waals surface area (Å²) in [7, 11) is 3.07. The van der Waals surface area contributed by atoms with Crippen LogP contribution in [0.25, 0.3) is 6.08 Å². The van der Waals surface area contributed by atoms with Crippen molar-refractivity contribution in [3.05, 3.63) is 59.1 Å². The lowest BCUT2D eigenvalue weighted by Gasteiger charge is -2.12. The number of hydrogen-bond acceptors (Lipinski definition) is 5. The van der Waals surface area contributed by atoms with Crippen molar-refractivity contribution in [1.29, 1.82) is 0 Å². The number of methoxy groups -OCH3 is 2. The van der Waals surface area contributed by atoms with Crippen molar-refractivity contribution in [3.63, 3.8) is 0 Å². The van der Waals surface area contributed by atoms with E-state index in [0.717, 1.165) is 5.56 Å². The number of halogens is 1. The van der Waals surface area contributed by atoms with E-state index in [2.05, 4.69) is 5.32 Å². The van der Waals surface area contributed by atoms with Crippen molar-refractivity contribution in [2.24, 2.45) is 0 Å². The number of ether oxygens (including phenoxy) is 3. The lowest BCUT2D eigenvalue weighted by Crippen LogP contribution is -2.29. The molecule has 0 aliphatic heterocycles. The van der Waals surface area contributed by atoms with Gasteiger partial charge in [-0.2, -0.15) is 0 Å². The molecule has 1 atom stereocenters. The molecule has 2 rings (SSSR count). The van der Waals surface area contributed by atoms with Crippen LogP contribution in [0, 0.1) is 0 Å². The average Bonchev–Trinajstić information content (AvgIpc) is 2.67. The Morgan fingerprint density at radius 2 is 1.70 bits per heavy atom. The van der Waals surface area contributed by atoms with E-state index < -0.39 is 18.0 Å². The van der Waals surface area contributed by atoms with Crippen LogP contribution in [0.2, 0.25) is 5.02 Å². The second-order valence-corrected chi connectivity index (χ2v) is 5.96. The van der Waals surface area contributed by atoms with Gasteiger partial charge < -0.3 is 19.5 Å². The zero-order chi connectivity index (χ0) is 19.8. The Balaban J connectivity index is 1.93. The van der Waals surface area contributed by atoms with E-state index in [4.69, 9.17) is 25.8 Å². The number of carbonyl (C=O) groups excluding carboxylic acids is 2. The topological polar surface area (TPSA) is 73.9 Å². The van der Waals surface area contributed by atoms with Gasteiger partial charge in [0.2, 0.25) is 0 Å². The molecule has 0 radical (unpaired) electrons. The number of nitrogens with one attached hydrogen (secondary N) is 1. The Hall–Kier alpha value is -2.99. The van der Waals surface area contributed by atoms with Crippen molar-refractivity contribution < 1.29 is 23.8 Å². The second kappa shape index (κ2) is 9.64. The molecule has 0 bridgehead atoms. The summed E-state index contributed by atoms with van der Waals surface area (Å²) >= 11 is 5.80. The Morgan fingerprint density at radius 1 is 1.04 bits per heavy atom.